The standard InChI is InChI=1S/C11H12N2O4/c1-8(14)9-3-2-4-13(6-9)7-10(15)12-5-11(16)17/h2-4,6H,5,7H2,1H3,(H-,12,15,16,17)/p+1. The van der Waals surface area contributed by atoms with E-state index in [9.17, 15) is 14.4 Å². The van der Waals surface area contributed by atoms with E-state index < -0.39 is 18.4 Å². The number of hydrogen-bond acceptors (Lipinski definition) is 3. The van der Waals surface area contributed by atoms with Gasteiger partial charge in [-0.3, -0.25) is 14.4 Å². The second-order valence-electron chi connectivity index (χ2n) is 3.49. The Morgan fingerprint density at radius 2 is 2.12 bits per heavy atom. The van der Waals surface area contributed by atoms with Crippen molar-refractivity contribution in [1.82, 2.24) is 5.32 Å². The van der Waals surface area contributed by atoms with Gasteiger partial charge in [0, 0.05) is 6.07 Å². The number of Topliss-reactive ketones (excluding diaryl/α,β-unsaturated/α-hetero) is 1. The maximum atomic E-state index is 11.3. The van der Waals surface area contributed by atoms with Crippen LogP contribution in [-0.2, 0) is 16.1 Å². The smallest absolute Gasteiger partial charge is 0.322 e. The molecule has 0 atom stereocenters. The quantitative estimate of drug-likeness (QED) is 0.527. The number of carboxylic acids is 1. The lowest BCUT2D eigenvalue weighted by Gasteiger charge is -2.00. The highest BCUT2D eigenvalue weighted by Crippen LogP contribution is 1.94. The molecular weight excluding hydrogens is 224 g/mol. The minimum Gasteiger partial charge on any atom is -0.480 e. The van der Waals surface area contributed by atoms with Crippen molar-refractivity contribution in [2.24, 2.45) is 0 Å². The summed E-state index contributed by atoms with van der Waals surface area (Å²) in [6.07, 6.45) is 3.18. The number of hydrogen-bond donors (Lipinski definition) is 2. The van der Waals surface area contributed by atoms with E-state index in [1.165, 1.54) is 11.5 Å². The lowest BCUT2D eigenvalue weighted by atomic mass is 10.2. The van der Waals surface area contributed by atoms with Crippen molar-refractivity contribution < 1.29 is 24.1 Å². The molecule has 1 aromatic heterocycles. The summed E-state index contributed by atoms with van der Waals surface area (Å²) in [6, 6.07) is 3.30. The van der Waals surface area contributed by atoms with Crippen LogP contribution in [0.3, 0.4) is 0 Å². The van der Waals surface area contributed by atoms with Crippen molar-refractivity contribution in [1.29, 1.82) is 0 Å². The van der Waals surface area contributed by atoms with E-state index >= 15 is 0 Å². The number of pyridine rings is 1. The highest BCUT2D eigenvalue weighted by molar-refractivity contribution is 5.93. The molecule has 0 aliphatic rings. The van der Waals surface area contributed by atoms with E-state index in [1.807, 2.05) is 0 Å². The fourth-order valence-corrected chi connectivity index (χ4v) is 1.22. The second-order valence-corrected chi connectivity index (χ2v) is 3.49. The number of carboxylic acid groups (broad SMARTS) is 1. The number of nitrogens with zero attached hydrogens (tertiary/aromatic N) is 1. The number of amides is 1. The molecule has 0 saturated carbocycles. The van der Waals surface area contributed by atoms with Crippen molar-refractivity contribution >= 4 is 17.7 Å². The van der Waals surface area contributed by atoms with Gasteiger partial charge < -0.3 is 10.4 Å². The van der Waals surface area contributed by atoms with Crippen molar-refractivity contribution in [2.75, 3.05) is 6.54 Å². The number of carbonyl (C=O) groups is 3. The summed E-state index contributed by atoms with van der Waals surface area (Å²) >= 11 is 0. The molecule has 1 aromatic rings. The largest absolute Gasteiger partial charge is 0.480 e. The molecule has 0 radical (unpaired) electrons. The summed E-state index contributed by atoms with van der Waals surface area (Å²) in [5.41, 5.74) is 0.499. The average molecular weight is 237 g/mol. The summed E-state index contributed by atoms with van der Waals surface area (Å²) in [7, 11) is 0. The van der Waals surface area contributed by atoms with Crippen LogP contribution in [-0.4, -0.2) is 29.3 Å². The monoisotopic (exact) mass is 237 g/mol. The van der Waals surface area contributed by atoms with Crippen LogP contribution in [0.2, 0.25) is 0 Å². The Morgan fingerprint density at radius 3 is 2.71 bits per heavy atom. The van der Waals surface area contributed by atoms with Crippen LogP contribution in [0.4, 0.5) is 0 Å². The van der Waals surface area contributed by atoms with Crippen LogP contribution in [0, 0.1) is 0 Å². The molecule has 6 heteroatoms. The first kappa shape index (κ1) is 12.8. The van der Waals surface area contributed by atoms with Gasteiger partial charge in [-0.15, -0.1) is 0 Å². The first-order chi connectivity index (χ1) is 7.99. The molecule has 0 bridgehead atoms. The van der Waals surface area contributed by atoms with Crippen molar-refractivity contribution in [3.8, 4) is 0 Å². The van der Waals surface area contributed by atoms with E-state index in [0.29, 0.717) is 5.56 Å². The maximum absolute atomic E-state index is 11.3. The van der Waals surface area contributed by atoms with Crippen LogP contribution in [0.25, 0.3) is 0 Å². The normalized spacial score (nSPS) is 9.71. The second kappa shape index (κ2) is 5.74. The summed E-state index contributed by atoms with van der Waals surface area (Å²) in [4.78, 5) is 32.7. The van der Waals surface area contributed by atoms with E-state index in [1.54, 1.807) is 24.5 Å². The van der Waals surface area contributed by atoms with Gasteiger partial charge in [0.05, 0.1) is 5.56 Å². The number of ketones is 1. The molecule has 0 fully saturated rings. The highest BCUT2D eigenvalue weighted by Gasteiger charge is 2.12. The summed E-state index contributed by atoms with van der Waals surface area (Å²) in [6.45, 7) is 1.00. The molecule has 0 aliphatic carbocycles. The van der Waals surface area contributed by atoms with Crippen LogP contribution in [0.1, 0.15) is 17.3 Å². The molecule has 0 aliphatic heterocycles. The van der Waals surface area contributed by atoms with Gasteiger partial charge in [0.2, 0.25) is 6.54 Å². The van der Waals surface area contributed by atoms with E-state index in [-0.39, 0.29) is 12.3 Å². The Kier molecular flexibility index (Phi) is 4.33. The number of aliphatic carboxylic acids is 1. The molecule has 6 nitrogen and oxygen atoms in total. The third kappa shape index (κ3) is 4.42. The number of carbonyl (C=O) groups excluding carboxylic acids is 2. The number of aromatic nitrogens is 1. The Labute approximate surface area is 97.9 Å². The predicted molar refractivity (Wildman–Crippen MR) is 57.3 cm³/mol. The molecule has 1 amide bonds. The van der Waals surface area contributed by atoms with Gasteiger partial charge in [0.1, 0.15) is 6.54 Å². The molecule has 90 valence electrons. The van der Waals surface area contributed by atoms with Crippen molar-refractivity contribution in [3.63, 3.8) is 0 Å². The number of nitrogens with one attached hydrogen (secondary N) is 1. The molecule has 1 rings (SSSR count). The Hall–Kier alpha value is -2.24. The summed E-state index contributed by atoms with van der Waals surface area (Å²) < 4.78 is 1.52. The van der Waals surface area contributed by atoms with Gasteiger partial charge in [-0.25, -0.2) is 0 Å². The first-order valence-corrected chi connectivity index (χ1v) is 4.97. The summed E-state index contributed by atoms with van der Waals surface area (Å²) in [5, 5.41) is 10.6. The van der Waals surface area contributed by atoms with Gasteiger partial charge in [-0.2, -0.15) is 4.57 Å². The third-order valence-electron chi connectivity index (χ3n) is 2.03. The predicted octanol–water partition coefficient (Wildman–Crippen LogP) is -0.622. The molecule has 0 aromatic carbocycles. The molecule has 0 saturated heterocycles. The van der Waals surface area contributed by atoms with Crippen molar-refractivity contribution in [3.05, 3.63) is 30.1 Å². The fraction of sp³-hybridized carbons (Fsp3) is 0.273. The minimum absolute atomic E-state index is 0.0194. The van der Waals surface area contributed by atoms with E-state index in [0.717, 1.165) is 0 Å². The number of rotatable bonds is 5. The van der Waals surface area contributed by atoms with Gasteiger partial charge in [-0.1, -0.05) is 0 Å². The molecule has 0 unspecified atom stereocenters. The topological polar surface area (TPSA) is 87.4 Å². The Morgan fingerprint density at radius 1 is 1.41 bits per heavy atom. The van der Waals surface area contributed by atoms with Crippen LogP contribution >= 0.6 is 0 Å². The molecule has 1 heterocycles. The first-order valence-electron chi connectivity index (χ1n) is 4.97. The summed E-state index contributed by atoms with van der Waals surface area (Å²) in [5.74, 6) is -1.61. The van der Waals surface area contributed by atoms with Crippen LogP contribution in [0.5, 0.6) is 0 Å². The van der Waals surface area contributed by atoms with Gasteiger partial charge in [0.15, 0.2) is 18.2 Å². The van der Waals surface area contributed by atoms with Gasteiger partial charge in [0.25, 0.3) is 5.91 Å². The Balaban J connectivity index is 2.62. The fourth-order valence-electron chi connectivity index (χ4n) is 1.22. The van der Waals surface area contributed by atoms with E-state index in [4.69, 9.17) is 5.11 Å². The maximum Gasteiger partial charge on any atom is 0.322 e. The van der Waals surface area contributed by atoms with Crippen molar-refractivity contribution in [2.45, 2.75) is 13.5 Å². The zero-order chi connectivity index (χ0) is 12.8. The average Bonchev–Trinajstić information content (AvgIpc) is 2.26. The van der Waals surface area contributed by atoms with Crippen LogP contribution in [0.15, 0.2) is 24.5 Å². The zero-order valence-corrected chi connectivity index (χ0v) is 9.34. The minimum atomic E-state index is -1.10. The highest BCUT2D eigenvalue weighted by atomic mass is 16.4. The van der Waals surface area contributed by atoms with Gasteiger partial charge in [-0.05, 0) is 13.0 Å². The lowest BCUT2D eigenvalue weighted by Crippen LogP contribution is -2.44. The molecular formula is C11H13N2O4+. The van der Waals surface area contributed by atoms with Gasteiger partial charge >= 0.3 is 5.97 Å². The van der Waals surface area contributed by atoms with E-state index in [2.05, 4.69) is 5.32 Å². The zero-order valence-electron chi connectivity index (χ0n) is 9.34. The third-order valence-corrected chi connectivity index (χ3v) is 2.03. The molecule has 0 spiro atoms. The molecule has 2 N–H and O–H groups in total. The lowest BCUT2D eigenvalue weighted by molar-refractivity contribution is -0.684. The molecule has 17 heavy (non-hydrogen) atoms. The van der Waals surface area contributed by atoms with Crippen LogP contribution < -0.4 is 9.88 Å². The SMILES string of the molecule is CC(=O)c1ccc[n+](CC(=O)NCC(=O)O)c1. The Bertz CT molecular complexity index is 457.